The summed E-state index contributed by atoms with van der Waals surface area (Å²) in [6.45, 7) is 0.854. The number of ether oxygens (including phenoxy) is 1. The Balaban J connectivity index is 1.37. The van der Waals surface area contributed by atoms with Crippen LogP contribution in [0.1, 0.15) is 22.8 Å². The van der Waals surface area contributed by atoms with Crippen molar-refractivity contribution in [2.24, 2.45) is 0 Å². The first-order valence-electron chi connectivity index (χ1n) is 8.14. The first-order valence-corrected chi connectivity index (χ1v) is 8.14. The summed E-state index contributed by atoms with van der Waals surface area (Å²) in [4.78, 5) is 21.2. The van der Waals surface area contributed by atoms with Gasteiger partial charge >= 0.3 is 12.1 Å². The quantitative estimate of drug-likeness (QED) is 0.663. The molecule has 0 radical (unpaired) electrons. The van der Waals surface area contributed by atoms with E-state index in [2.05, 4.69) is 29.3 Å². The molecule has 0 aliphatic carbocycles. The zero-order valence-electron chi connectivity index (χ0n) is 14.1. The molecule has 4 rings (SSSR count). The standard InChI is InChI=1S/C16H12F3N5O4/c17-16(18,19)15-21-13(23-28-15)9-1-2-12(20-7-9)27-10-3-5-24(8-10)14(25)11-4-6-26-22-11/h1-2,4,6-7,10H,3,5,8H2. The molecule has 4 heterocycles. The van der Waals surface area contributed by atoms with Gasteiger partial charge in [-0.15, -0.1) is 0 Å². The zero-order valence-corrected chi connectivity index (χ0v) is 14.1. The number of amides is 1. The second-order valence-electron chi connectivity index (χ2n) is 5.97. The molecule has 0 N–H and O–H groups in total. The minimum absolute atomic E-state index is 0.224. The molecule has 9 nitrogen and oxygen atoms in total. The lowest BCUT2D eigenvalue weighted by atomic mass is 10.2. The number of likely N-dealkylation sites (tertiary alicyclic amines) is 1. The summed E-state index contributed by atoms with van der Waals surface area (Å²) in [7, 11) is 0. The van der Waals surface area contributed by atoms with Crippen molar-refractivity contribution in [2.45, 2.75) is 18.7 Å². The Morgan fingerprint density at radius 1 is 1.25 bits per heavy atom. The van der Waals surface area contributed by atoms with Crippen LogP contribution in [0.25, 0.3) is 11.4 Å². The molecule has 12 heteroatoms. The summed E-state index contributed by atoms with van der Waals surface area (Å²) in [5.41, 5.74) is 0.474. The lowest BCUT2D eigenvalue weighted by Crippen LogP contribution is -2.31. The maximum atomic E-state index is 12.5. The average molecular weight is 395 g/mol. The van der Waals surface area contributed by atoms with Crippen LogP contribution in [0.5, 0.6) is 5.88 Å². The van der Waals surface area contributed by atoms with E-state index in [4.69, 9.17) is 4.74 Å². The minimum atomic E-state index is -4.71. The molecule has 1 aliphatic rings. The molecule has 1 unspecified atom stereocenters. The maximum Gasteiger partial charge on any atom is 0.471 e. The number of rotatable bonds is 4. The van der Waals surface area contributed by atoms with Crippen molar-refractivity contribution in [3.63, 3.8) is 0 Å². The number of pyridine rings is 1. The Hall–Kier alpha value is -3.44. The summed E-state index contributed by atoms with van der Waals surface area (Å²) >= 11 is 0. The molecule has 0 aromatic carbocycles. The predicted octanol–water partition coefficient (Wildman–Crippen LogP) is 2.43. The molecule has 1 amide bonds. The molecule has 1 saturated heterocycles. The van der Waals surface area contributed by atoms with Gasteiger partial charge in [-0.1, -0.05) is 10.3 Å². The highest BCUT2D eigenvalue weighted by atomic mass is 19.4. The monoisotopic (exact) mass is 395 g/mol. The van der Waals surface area contributed by atoms with Gasteiger partial charge in [-0.3, -0.25) is 4.79 Å². The molecular weight excluding hydrogens is 383 g/mol. The largest absolute Gasteiger partial charge is 0.472 e. The van der Waals surface area contributed by atoms with E-state index in [-0.39, 0.29) is 35.0 Å². The Bertz CT molecular complexity index is 956. The van der Waals surface area contributed by atoms with Gasteiger partial charge in [0.05, 0.1) is 6.54 Å². The second-order valence-corrected chi connectivity index (χ2v) is 5.97. The Labute approximate surface area is 155 Å². The van der Waals surface area contributed by atoms with Crippen molar-refractivity contribution in [1.29, 1.82) is 0 Å². The number of hydrogen-bond acceptors (Lipinski definition) is 8. The summed E-state index contributed by atoms with van der Waals surface area (Å²) in [6.07, 6.45) is -1.76. The van der Waals surface area contributed by atoms with Crippen LogP contribution in [0.4, 0.5) is 13.2 Å². The highest BCUT2D eigenvalue weighted by molar-refractivity contribution is 5.92. The van der Waals surface area contributed by atoms with Crippen molar-refractivity contribution < 1.29 is 31.7 Å². The topological polar surface area (TPSA) is 107 Å². The van der Waals surface area contributed by atoms with Crippen molar-refractivity contribution in [2.75, 3.05) is 13.1 Å². The molecule has 3 aromatic rings. The smallest absolute Gasteiger partial charge is 0.471 e. The van der Waals surface area contributed by atoms with Crippen molar-refractivity contribution in [3.8, 4) is 17.3 Å². The van der Waals surface area contributed by atoms with Gasteiger partial charge in [0.1, 0.15) is 12.4 Å². The Morgan fingerprint density at radius 3 is 2.75 bits per heavy atom. The van der Waals surface area contributed by atoms with Crippen LogP contribution < -0.4 is 4.74 Å². The third-order valence-corrected chi connectivity index (χ3v) is 4.04. The third-order valence-electron chi connectivity index (χ3n) is 4.04. The highest BCUT2D eigenvalue weighted by Gasteiger charge is 2.38. The van der Waals surface area contributed by atoms with Gasteiger partial charge in [0.2, 0.25) is 11.7 Å². The lowest BCUT2D eigenvalue weighted by molar-refractivity contribution is -0.159. The Morgan fingerprint density at radius 2 is 2.11 bits per heavy atom. The van der Waals surface area contributed by atoms with E-state index in [0.29, 0.717) is 19.5 Å². The second kappa shape index (κ2) is 6.94. The first kappa shape index (κ1) is 17.9. The van der Waals surface area contributed by atoms with Gasteiger partial charge in [0.15, 0.2) is 5.69 Å². The molecule has 3 aromatic heterocycles. The maximum absolute atomic E-state index is 12.5. The van der Waals surface area contributed by atoms with E-state index in [0.717, 1.165) is 0 Å². The van der Waals surface area contributed by atoms with E-state index >= 15 is 0 Å². The van der Waals surface area contributed by atoms with Crippen LogP contribution in [-0.4, -0.2) is 50.3 Å². The summed E-state index contributed by atoms with van der Waals surface area (Å²) in [6, 6.07) is 4.45. The van der Waals surface area contributed by atoms with E-state index in [1.54, 1.807) is 4.90 Å². The molecule has 28 heavy (non-hydrogen) atoms. The van der Waals surface area contributed by atoms with E-state index < -0.39 is 12.1 Å². The average Bonchev–Trinajstić information content (AvgIpc) is 3.42. The predicted molar refractivity (Wildman–Crippen MR) is 84.0 cm³/mol. The Kier molecular flexibility index (Phi) is 4.45. The van der Waals surface area contributed by atoms with Gasteiger partial charge in [-0.2, -0.15) is 18.2 Å². The van der Waals surface area contributed by atoms with Crippen LogP contribution >= 0.6 is 0 Å². The van der Waals surface area contributed by atoms with Crippen LogP contribution in [-0.2, 0) is 6.18 Å². The fourth-order valence-electron chi connectivity index (χ4n) is 2.70. The number of carbonyl (C=O) groups excluding carboxylic acids is 1. The zero-order chi connectivity index (χ0) is 19.7. The van der Waals surface area contributed by atoms with E-state index in [1.807, 2.05) is 0 Å². The highest BCUT2D eigenvalue weighted by Crippen LogP contribution is 2.29. The van der Waals surface area contributed by atoms with Gasteiger partial charge < -0.3 is 18.7 Å². The van der Waals surface area contributed by atoms with Gasteiger partial charge in [-0.05, 0) is 6.07 Å². The minimum Gasteiger partial charge on any atom is -0.472 e. The number of hydrogen-bond donors (Lipinski definition) is 0. The molecule has 0 spiro atoms. The van der Waals surface area contributed by atoms with Crippen molar-refractivity contribution >= 4 is 5.91 Å². The fourth-order valence-corrected chi connectivity index (χ4v) is 2.70. The summed E-state index contributed by atoms with van der Waals surface area (Å²) < 4.78 is 52.1. The molecule has 1 atom stereocenters. The molecule has 0 bridgehead atoms. The van der Waals surface area contributed by atoms with Gasteiger partial charge in [-0.25, -0.2) is 4.98 Å². The number of aromatic nitrogens is 4. The van der Waals surface area contributed by atoms with Crippen LogP contribution in [0.15, 0.2) is 39.7 Å². The number of halogens is 3. The third kappa shape index (κ3) is 3.66. The van der Waals surface area contributed by atoms with Crippen LogP contribution in [0, 0.1) is 0 Å². The van der Waals surface area contributed by atoms with E-state index in [1.165, 1.54) is 30.7 Å². The van der Waals surface area contributed by atoms with Gasteiger partial charge in [0, 0.05) is 36.9 Å². The number of nitrogens with zero attached hydrogens (tertiary/aromatic N) is 5. The molecule has 1 fully saturated rings. The van der Waals surface area contributed by atoms with E-state index in [9.17, 15) is 18.0 Å². The van der Waals surface area contributed by atoms with Crippen LogP contribution in [0.3, 0.4) is 0 Å². The SMILES string of the molecule is O=C(c1ccon1)N1CCC(Oc2ccc(-c3noc(C(F)(F)F)n3)cn2)C1. The molecule has 146 valence electrons. The normalized spacial score (nSPS) is 17.1. The van der Waals surface area contributed by atoms with Gasteiger partial charge in [0.25, 0.3) is 5.91 Å². The fraction of sp³-hybridized carbons (Fsp3) is 0.312. The van der Waals surface area contributed by atoms with Crippen LogP contribution in [0.2, 0.25) is 0 Å². The summed E-state index contributed by atoms with van der Waals surface area (Å²) in [5, 5.41) is 6.91. The number of carbonyl (C=O) groups is 1. The lowest BCUT2D eigenvalue weighted by Gasteiger charge is -2.15. The molecule has 1 aliphatic heterocycles. The molecule has 0 saturated carbocycles. The van der Waals surface area contributed by atoms with Crippen molar-refractivity contribution in [3.05, 3.63) is 42.2 Å². The summed E-state index contributed by atoms with van der Waals surface area (Å²) in [5.74, 6) is -1.63. The number of alkyl halides is 3. The molecular formula is C16H12F3N5O4. The van der Waals surface area contributed by atoms with Crippen molar-refractivity contribution in [1.82, 2.24) is 25.2 Å². The first-order chi connectivity index (χ1) is 13.4.